The minimum Gasteiger partial charge on any atom is -0.493 e. The van der Waals surface area contributed by atoms with E-state index in [1.807, 2.05) is 41.9 Å². The number of methoxy groups -OCH3 is 3. The second-order valence-corrected chi connectivity index (χ2v) is 6.02. The van der Waals surface area contributed by atoms with Crippen molar-refractivity contribution >= 4 is 16.5 Å². The highest BCUT2D eigenvalue weighted by molar-refractivity contribution is 5.89. The molecule has 0 unspecified atom stereocenters. The zero-order chi connectivity index (χ0) is 18.8. The van der Waals surface area contributed by atoms with Gasteiger partial charge in [-0.25, -0.2) is 0 Å². The van der Waals surface area contributed by atoms with Crippen molar-refractivity contribution < 1.29 is 19.3 Å². The number of hydrogen-bond donors (Lipinski definition) is 1. The average Bonchev–Trinajstić information content (AvgIpc) is 3.01. The Labute approximate surface area is 153 Å². The van der Waals surface area contributed by atoms with Crippen molar-refractivity contribution in [2.75, 3.05) is 21.3 Å². The summed E-state index contributed by atoms with van der Waals surface area (Å²) in [7, 11) is 6.71. The summed E-state index contributed by atoms with van der Waals surface area (Å²) in [5.74, 6) is 1.73. The Kier molecular flexibility index (Phi) is 4.91. The molecular weight excluding hydrogens is 330 g/mol. The highest BCUT2D eigenvalue weighted by atomic mass is 16.5. The van der Waals surface area contributed by atoms with Crippen LogP contribution in [0.15, 0.2) is 43.0 Å². The standard InChI is InChI=1S/C21H23NO4/c1-13(15-10-19(24-3)21(26-5)20(11-15)25-4)14-6-7-18-16(8-14)9-17(12-23)22(18)2/h6-11,23H,1,12H2,2-5H3. The van der Waals surface area contributed by atoms with E-state index in [0.717, 1.165) is 33.3 Å². The van der Waals surface area contributed by atoms with Crippen LogP contribution in [0, 0.1) is 0 Å². The summed E-state index contributed by atoms with van der Waals surface area (Å²) >= 11 is 0. The van der Waals surface area contributed by atoms with Crippen molar-refractivity contribution in [1.82, 2.24) is 4.57 Å². The molecule has 0 fully saturated rings. The van der Waals surface area contributed by atoms with Crippen LogP contribution in [-0.4, -0.2) is 31.0 Å². The van der Waals surface area contributed by atoms with E-state index in [9.17, 15) is 5.11 Å². The van der Waals surface area contributed by atoms with Crippen LogP contribution in [0.4, 0.5) is 0 Å². The molecule has 0 aliphatic carbocycles. The zero-order valence-corrected chi connectivity index (χ0v) is 15.5. The lowest BCUT2D eigenvalue weighted by Gasteiger charge is -2.15. The first-order valence-electron chi connectivity index (χ1n) is 8.22. The summed E-state index contributed by atoms with van der Waals surface area (Å²) in [6, 6.07) is 11.9. The Hall–Kier alpha value is -2.92. The molecule has 0 bridgehead atoms. The predicted molar refractivity (Wildman–Crippen MR) is 103 cm³/mol. The molecule has 136 valence electrons. The second-order valence-electron chi connectivity index (χ2n) is 6.02. The molecule has 5 nitrogen and oxygen atoms in total. The van der Waals surface area contributed by atoms with Gasteiger partial charge in [-0.3, -0.25) is 0 Å². The summed E-state index contributed by atoms with van der Waals surface area (Å²) in [5.41, 5.74) is 4.66. The van der Waals surface area contributed by atoms with Crippen molar-refractivity contribution in [1.29, 1.82) is 0 Å². The molecule has 0 atom stereocenters. The van der Waals surface area contributed by atoms with Gasteiger partial charge in [0.25, 0.3) is 0 Å². The van der Waals surface area contributed by atoms with Gasteiger partial charge in [0.05, 0.1) is 27.9 Å². The van der Waals surface area contributed by atoms with Crippen LogP contribution in [0.25, 0.3) is 16.5 Å². The lowest BCUT2D eigenvalue weighted by atomic mass is 9.97. The molecule has 0 aliphatic heterocycles. The van der Waals surface area contributed by atoms with Crippen LogP contribution in [0.1, 0.15) is 16.8 Å². The molecule has 0 amide bonds. The van der Waals surface area contributed by atoms with Crippen LogP contribution in [-0.2, 0) is 13.7 Å². The predicted octanol–water partition coefficient (Wildman–Crippen LogP) is 3.76. The highest BCUT2D eigenvalue weighted by Crippen LogP contribution is 2.41. The summed E-state index contributed by atoms with van der Waals surface area (Å²) < 4.78 is 18.2. The van der Waals surface area contributed by atoms with E-state index in [4.69, 9.17) is 14.2 Å². The molecule has 0 aliphatic rings. The van der Waals surface area contributed by atoms with Gasteiger partial charge in [-0.15, -0.1) is 0 Å². The summed E-state index contributed by atoms with van der Waals surface area (Å²) in [6.07, 6.45) is 0. The monoisotopic (exact) mass is 353 g/mol. The van der Waals surface area contributed by atoms with Gasteiger partial charge in [0.2, 0.25) is 5.75 Å². The fraction of sp³-hybridized carbons (Fsp3) is 0.238. The quantitative estimate of drug-likeness (QED) is 0.733. The van der Waals surface area contributed by atoms with Gasteiger partial charge >= 0.3 is 0 Å². The SMILES string of the molecule is C=C(c1cc(OC)c(OC)c(OC)c1)c1ccc2c(c1)cc(CO)n2C. The number of hydrogen-bond acceptors (Lipinski definition) is 4. The number of aryl methyl sites for hydroxylation is 1. The number of benzene rings is 2. The molecular formula is C21H23NO4. The van der Waals surface area contributed by atoms with Gasteiger partial charge in [-0.2, -0.15) is 0 Å². The molecule has 26 heavy (non-hydrogen) atoms. The number of ether oxygens (including phenoxy) is 3. The van der Waals surface area contributed by atoms with Crippen molar-refractivity contribution in [3.05, 3.63) is 59.8 Å². The molecule has 1 N–H and O–H groups in total. The van der Waals surface area contributed by atoms with Gasteiger partial charge in [-0.1, -0.05) is 12.6 Å². The lowest BCUT2D eigenvalue weighted by Crippen LogP contribution is -1.97. The van der Waals surface area contributed by atoms with E-state index in [1.54, 1.807) is 21.3 Å². The third-order valence-electron chi connectivity index (χ3n) is 4.67. The highest BCUT2D eigenvalue weighted by Gasteiger charge is 2.16. The lowest BCUT2D eigenvalue weighted by molar-refractivity contribution is 0.273. The van der Waals surface area contributed by atoms with Gasteiger partial charge < -0.3 is 23.9 Å². The number of aromatic nitrogens is 1. The largest absolute Gasteiger partial charge is 0.493 e. The Morgan fingerprint density at radius 3 is 2.15 bits per heavy atom. The maximum atomic E-state index is 9.46. The Bertz CT molecular complexity index is 947. The Morgan fingerprint density at radius 1 is 0.962 bits per heavy atom. The molecule has 0 saturated heterocycles. The topological polar surface area (TPSA) is 52.9 Å². The van der Waals surface area contributed by atoms with Gasteiger partial charge in [0.15, 0.2) is 11.5 Å². The third-order valence-corrected chi connectivity index (χ3v) is 4.67. The first-order chi connectivity index (χ1) is 12.5. The van der Waals surface area contributed by atoms with Crippen LogP contribution in [0.5, 0.6) is 17.2 Å². The third kappa shape index (κ3) is 2.91. The van der Waals surface area contributed by atoms with Crippen LogP contribution in [0.3, 0.4) is 0 Å². The number of rotatable bonds is 6. The van der Waals surface area contributed by atoms with E-state index in [0.29, 0.717) is 17.2 Å². The van der Waals surface area contributed by atoms with Gasteiger partial charge in [0.1, 0.15) is 0 Å². The molecule has 0 spiro atoms. The van der Waals surface area contributed by atoms with Crippen molar-refractivity contribution in [3.63, 3.8) is 0 Å². The smallest absolute Gasteiger partial charge is 0.203 e. The molecule has 1 aromatic heterocycles. The first kappa shape index (κ1) is 17.9. The van der Waals surface area contributed by atoms with Crippen LogP contribution >= 0.6 is 0 Å². The zero-order valence-electron chi connectivity index (χ0n) is 15.5. The molecule has 2 aromatic carbocycles. The first-order valence-corrected chi connectivity index (χ1v) is 8.22. The van der Waals surface area contributed by atoms with Gasteiger partial charge in [0, 0.05) is 23.6 Å². The van der Waals surface area contributed by atoms with Crippen LogP contribution in [0.2, 0.25) is 0 Å². The minimum atomic E-state index is 0.00827. The van der Waals surface area contributed by atoms with Gasteiger partial charge in [-0.05, 0) is 47.0 Å². The fourth-order valence-electron chi connectivity index (χ4n) is 3.17. The second kappa shape index (κ2) is 7.14. The molecule has 3 aromatic rings. The van der Waals surface area contributed by atoms with Crippen molar-refractivity contribution in [2.24, 2.45) is 7.05 Å². The van der Waals surface area contributed by atoms with Crippen molar-refractivity contribution in [2.45, 2.75) is 6.61 Å². The molecule has 5 heteroatoms. The average molecular weight is 353 g/mol. The fourth-order valence-corrected chi connectivity index (χ4v) is 3.17. The van der Waals surface area contributed by atoms with Crippen molar-refractivity contribution in [3.8, 4) is 17.2 Å². The van der Waals surface area contributed by atoms with E-state index in [1.165, 1.54) is 0 Å². The Balaban J connectivity index is 2.07. The number of nitrogens with zero attached hydrogens (tertiary/aromatic N) is 1. The molecule has 0 saturated carbocycles. The van der Waals surface area contributed by atoms with Crippen LogP contribution < -0.4 is 14.2 Å². The summed E-state index contributed by atoms with van der Waals surface area (Å²) in [5, 5.41) is 10.5. The maximum absolute atomic E-state index is 9.46. The Morgan fingerprint density at radius 2 is 1.62 bits per heavy atom. The number of aliphatic hydroxyl groups is 1. The van der Waals surface area contributed by atoms with E-state index < -0.39 is 0 Å². The molecule has 3 rings (SSSR count). The normalized spacial score (nSPS) is 10.8. The maximum Gasteiger partial charge on any atom is 0.203 e. The molecule has 1 heterocycles. The van der Waals surface area contributed by atoms with E-state index >= 15 is 0 Å². The number of fused-ring (bicyclic) bond motifs is 1. The summed E-state index contributed by atoms with van der Waals surface area (Å²) in [6.45, 7) is 4.26. The van der Waals surface area contributed by atoms with E-state index in [-0.39, 0.29) is 6.61 Å². The summed E-state index contributed by atoms with van der Waals surface area (Å²) in [4.78, 5) is 0. The van der Waals surface area contributed by atoms with E-state index in [2.05, 4.69) is 12.6 Å². The minimum absolute atomic E-state index is 0.00827. The molecule has 0 radical (unpaired) electrons. The number of aliphatic hydroxyl groups excluding tert-OH is 1.